The van der Waals surface area contributed by atoms with Gasteiger partial charge >= 0.3 is 5.76 Å². The second-order valence-electron chi connectivity index (χ2n) is 3.37. The molecule has 2 rings (SSSR count). The van der Waals surface area contributed by atoms with E-state index in [0.29, 0.717) is 12.3 Å². The maximum absolute atomic E-state index is 11.2. The summed E-state index contributed by atoms with van der Waals surface area (Å²) >= 11 is 0. The number of nitrogens with zero attached hydrogens (tertiary/aromatic N) is 2. The van der Waals surface area contributed by atoms with Crippen molar-refractivity contribution in [2.45, 2.75) is 13.0 Å². The Kier molecular flexibility index (Phi) is 3.16. The zero-order valence-corrected chi connectivity index (χ0v) is 8.67. The standard InChI is InChI=1S/C11H12N2O3/c14-7-6-13-11(15)16-10(12-13)8-9-4-2-1-3-5-9/h1-5,14H,6-8H2. The van der Waals surface area contributed by atoms with Gasteiger partial charge in [0, 0.05) is 0 Å². The minimum Gasteiger partial charge on any atom is -0.394 e. The number of aliphatic hydroxyl groups excluding tert-OH is 1. The molecule has 2 aromatic rings. The third-order valence-electron chi connectivity index (χ3n) is 2.16. The molecule has 1 aromatic carbocycles. The van der Waals surface area contributed by atoms with E-state index in [-0.39, 0.29) is 13.2 Å². The fourth-order valence-electron chi connectivity index (χ4n) is 1.43. The molecule has 0 aliphatic rings. The molecule has 0 spiro atoms. The second kappa shape index (κ2) is 4.76. The zero-order valence-electron chi connectivity index (χ0n) is 8.67. The number of aromatic nitrogens is 2. The Bertz CT molecular complexity index is 501. The minimum absolute atomic E-state index is 0.128. The van der Waals surface area contributed by atoms with Gasteiger partial charge in [-0.2, -0.15) is 4.68 Å². The molecule has 0 aliphatic heterocycles. The van der Waals surface area contributed by atoms with Gasteiger partial charge < -0.3 is 9.52 Å². The molecule has 1 heterocycles. The molecule has 5 heteroatoms. The second-order valence-corrected chi connectivity index (χ2v) is 3.37. The topological polar surface area (TPSA) is 68.3 Å². The average molecular weight is 220 g/mol. The van der Waals surface area contributed by atoms with Gasteiger partial charge in [-0.05, 0) is 5.56 Å². The first-order valence-electron chi connectivity index (χ1n) is 5.01. The van der Waals surface area contributed by atoms with Crippen molar-refractivity contribution < 1.29 is 9.52 Å². The largest absolute Gasteiger partial charge is 0.437 e. The molecule has 0 atom stereocenters. The molecular formula is C11H12N2O3. The van der Waals surface area contributed by atoms with E-state index in [1.807, 2.05) is 30.3 Å². The van der Waals surface area contributed by atoms with Crippen LogP contribution in [0.1, 0.15) is 11.5 Å². The highest BCUT2D eigenvalue weighted by Crippen LogP contribution is 2.04. The number of hydrogen-bond donors (Lipinski definition) is 1. The van der Waals surface area contributed by atoms with Crippen LogP contribution in [0.15, 0.2) is 39.5 Å². The SMILES string of the molecule is O=c1oc(Cc2ccccc2)nn1CCO. The number of benzene rings is 1. The Hall–Kier alpha value is -1.88. The van der Waals surface area contributed by atoms with E-state index in [0.717, 1.165) is 10.2 Å². The van der Waals surface area contributed by atoms with Gasteiger partial charge in [0.1, 0.15) is 0 Å². The van der Waals surface area contributed by atoms with E-state index >= 15 is 0 Å². The minimum atomic E-state index is -0.528. The van der Waals surface area contributed by atoms with Crippen molar-refractivity contribution in [1.82, 2.24) is 9.78 Å². The summed E-state index contributed by atoms with van der Waals surface area (Å²) in [6.07, 6.45) is 0.481. The lowest BCUT2D eigenvalue weighted by molar-refractivity contribution is 0.264. The van der Waals surface area contributed by atoms with Gasteiger partial charge in [-0.15, -0.1) is 5.10 Å². The van der Waals surface area contributed by atoms with E-state index in [4.69, 9.17) is 9.52 Å². The van der Waals surface area contributed by atoms with E-state index in [1.165, 1.54) is 0 Å². The highest BCUT2D eigenvalue weighted by molar-refractivity contribution is 5.17. The molecule has 1 N–H and O–H groups in total. The summed E-state index contributed by atoms with van der Waals surface area (Å²) in [4.78, 5) is 11.2. The average Bonchev–Trinajstić information content (AvgIpc) is 2.61. The Morgan fingerprint density at radius 1 is 1.31 bits per heavy atom. The van der Waals surface area contributed by atoms with Gasteiger partial charge in [-0.1, -0.05) is 30.3 Å². The normalized spacial score (nSPS) is 10.6. The van der Waals surface area contributed by atoms with Crippen LogP contribution in [-0.2, 0) is 13.0 Å². The summed E-state index contributed by atoms with van der Waals surface area (Å²) in [6.45, 7) is 0.0361. The summed E-state index contributed by atoms with van der Waals surface area (Å²) in [5.41, 5.74) is 1.03. The Labute approximate surface area is 92.0 Å². The summed E-state index contributed by atoms with van der Waals surface area (Å²) in [5.74, 6) is -0.162. The predicted molar refractivity (Wildman–Crippen MR) is 57.1 cm³/mol. The van der Waals surface area contributed by atoms with E-state index in [2.05, 4.69) is 5.10 Å². The maximum atomic E-state index is 11.2. The summed E-state index contributed by atoms with van der Waals surface area (Å²) in [7, 11) is 0. The Balaban J connectivity index is 2.17. The van der Waals surface area contributed by atoms with Crippen LogP contribution in [-0.4, -0.2) is 21.5 Å². The van der Waals surface area contributed by atoms with Crippen molar-refractivity contribution in [3.63, 3.8) is 0 Å². The van der Waals surface area contributed by atoms with Crippen LogP contribution in [0.5, 0.6) is 0 Å². The van der Waals surface area contributed by atoms with Crippen molar-refractivity contribution in [3.8, 4) is 0 Å². The van der Waals surface area contributed by atoms with E-state index in [1.54, 1.807) is 0 Å². The van der Waals surface area contributed by atoms with Gasteiger partial charge in [0.2, 0.25) is 5.89 Å². The molecule has 0 bridgehead atoms. The Morgan fingerprint density at radius 3 is 2.75 bits per heavy atom. The first kappa shape index (κ1) is 10.6. The third kappa shape index (κ3) is 2.38. The molecule has 1 aromatic heterocycles. The lowest BCUT2D eigenvalue weighted by Gasteiger charge is -1.94. The molecule has 0 fully saturated rings. The molecule has 0 radical (unpaired) electrons. The molecular weight excluding hydrogens is 208 g/mol. The van der Waals surface area contributed by atoms with Crippen molar-refractivity contribution in [2.75, 3.05) is 6.61 Å². The molecule has 84 valence electrons. The van der Waals surface area contributed by atoms with Crippen molar-refractivity contribution in [3.05, 3.63) is 52.3 Å². The smallest absolute Gasteiger partial charge is 0.394 e. The van der Waals surface area contributed by atoms with Gasteiger partial charge in [-0.25, -0.2) is 4.79 Å². The van der Waals surface area contributed by atoms with Crippen LogP contribution in [0.2, 0.25) is 0 Å². The monoisotopic (exact) mass is 220 g/mol. The Morgan fingerprint density at radius 2 is 2.06 bits per heavy atom. The molecule has 0 unspecified atom stereocenters. The highest BCUT2D eigenvalue weighted by Gasteiger charge is 2.07. The van der Waals surface area contributed by atoms with Gasteiger partial charge in [-0.3, -0.25) is 0 Å². The number of rotatable bonds is 4. The molecule has 0 saturated heterocycles. The van der Waals surface area contributed by atoms with Crippen molar-refractivity contribution in [2.24, 2.45) is 0 Å². The predicted octanol–water partition coefficient (Wildman–Crippen LogP) is 0.419. The van der Waals surface area contributed by atoms with Crippen LogP contribution in [0, 0.1) is 0 Å². The zero-order chi connectivity index (χ0) is 11.4. The van der Waals surface area contributed by atoms with Gasteiger partial charge in [0.25, 0.3) is 0 Å². The van der Waals surface area contributed by atoms with Crippen LogP contribution in [0.25, 0.3) is 0 Å². The van der Waals surface area contributed by atoms with Crippen molar-refractivity contribution in [1.29, 1.82) is 0 Å². The summed E-state index contributed by atoms with van der Waals surface area (Å²) in [6, 6.07) is 9.62. The number of aliphatic hydroxyl groups is 1. The third-order valence-corrected chi connectivity index (χ3v) is 2.16. The van der Waals surface area contributed by atoms with Crippen LogP contribution in [0.3, 0.4) is 0 Å². The van der Waals surface area contributed by atoms with Gasteiger partial charge in [0.15, 0.2) is 0 Å². The lowest BCUT2D eigenvalue weighted by Crippen LogP contribution is -2.17. The maximum Gasteiger partial charge on any atom is 0.437 e. The van der Waals surface area contributed by atoms with E-state index < -0.39 is 5.76 Å². The molecule has 0 aliphatic carbocycles. The summed E-state index contributed by atoms with van der Waals surface area (Å²) < 4.78 is 6.08. The lowest BCUT2D eigenvalue weighted by atomic mass is 10.2. The molecule has 0 amide bonds. The van der Waals surface area contributed by atoms with Gasteiger partial charge in [0.05, 0.1) is 19.6 Å². The van der Waals surface area contributed by atoms with Crippen LogP contribution >= 0.6 is 0 Å². The van der Waals surface area contributed by atoms with Crippen LogP contribution in [0.4, 0.5) is 0 Å². The molecule has 0 saturated carbocycles. The van der Waals surface area contributed by atoms with E-state index in [9.17, 15) is 4.79 Å². The first-order valence-corrected chi connectivity index (χ1v) is 5.01. The fraction of sp³-hybridized carbons (Fsp3) is 0.273. The quantitative estimate of drug-likeness (QED) is 0.810. The van der Waals surface area contributed by atoms with Crippen molar-refractivity contribution >= 4 is 0 Å². The summed E-state index contributed by atoms with van der Waals surface area (Å²) in [5, 5.41) is 12.7. The first-order chi connectivity index (χ1) is 7.79. The molecule has 16 heavy (non-hydrogen) atoms. The highest BCUT2D eigenvalue weighted by atomic mass is 16.4. The molecule has 5 nitrogen and oxygen atoms in total. The number of hydrogen-bond acceptors (Lipinski definition) is 4. The fourth-order valence-corrected chi connectivity index (χ4v) is 1.43. The van der Waals surface area contributed by atoms with Crippen LogP contribution < -0.4 is 5.76 Å².